The van der Waals surface area contributed by atoms with Crippen molar-refractivity contribution in [1.82, 2.24) is 19.9 Å². The Balaban J connectivity index is 1.34. The van der Waals surface area contributed by atoms with Crippen molar-refractivity contribution >= 4 is 22.8 Å². The molecule has 5 nitrogen and oxygen atoms in total. The minimum Gasteiger partial charge on any atom is -0.492 e. The zero-order chi connectivity index (χ0) is 18.5. The molecule has 0 radical (unpaired) electrons. The summed E-state index contributed by atoms with van der Waals surface area (Å²) >= 11 is 1.68. The Hall–Kier alpha value is -2.05. The molecule has 0 aliphatic carbocycles. The van der Waals surface area contributed by atoms with E-state index in [2.05, 4.69) is 26.8 Å². The number of para-hydroxylation sites is 2. The van der Waals surface area contributed by atoms with Crippen molar-refractivity contribution in [2.75, 3.05) is 26.2 Å². The van der Waals surface area contributed by atoms with Crippen LogP contribution in [0.15, 0.2) is 41.7 Å². The highest BCUT2D eigenvalue weighted by Crippen LogP contribution is 2.27. The summed E-state index contributed by atoms with van der Waals surface area (Å²) in [7, 11) is 0. The number of thioether (sulfide) groups is 1. The fourth-order valence-electron chi connectivity index (χ4n) is 3.46. The fraction of sp³-hybridized carbons (Fsp3) is 0.429. The number of aromatic nitrogens is 3. The van der Waals surface area contributed by atoms with Crippen LogP contribution in [-0.4, -0.2) is 46.1 Å². The molecule has 1 aliphatic rings. The number of rotatable bonds is 7. The lowest BCUT2D eigenvalue weighted by Crippen LogP contribution is -2.33. The Bertz CT molecular complexity index is 856. The topological polar surface area (TPSA) is 54.0 Å². The van der Waals surface area contributed by atoms with E-state index in [4.69, 9.17) is 4.74 Å². The quantitative estimate of drug-likeness (QED) is 0.613. The Morgan fingerprint density at radius 2 is 2.00 bits per heavy atom. The maximum absolute atomic E-state index is 6.07. The number of nitrogens with one attached hydrogen (secondary N) is 1. The van der Waals surface area contributed by atoms with E-state index in [0.717, 1.165) is 52.1 Å². The van der Waals surface area contributed by atoms with Crippen molar-refractivity contribution < 1.29 is 4.74 Å². The molecule has 3 aromatic rings. The van der Waals surface area contributed by atoms with Crippen LogP contribution in [-0.2, 0) is 5.75 Å². The van der Waals surface area contributed by atoms with E-state index in [9.17, 15) is 0 Å². The predicted molar refractivity (Wildman–Crippen MR) is 110 cm³/mol. The molecule has 1 saturated heterocycles. The van der Waals surface area contributed by atoms with Crippen LogP contribution in [0.2, 0.25) is 0 Å². The summed E-state index contributed by atoms with van der Waals surface area (Å²) in [4.78, 5) is 15.0. The first kappa shape index (κ1) is 18.3. The number of pyridine rings is 1. The van der Waals surface area contributed by atoms with Gasteiger partial charge in [-0.25, -0.2) is 4.98 Å². The summed E-state index contributed by atoms with van der Waals surface area (Å²) in [6.07, 6.45) is 5.85. The Morgan fingerprint density at radius 3 is 2.85 bits per heavy atom. The molecule has 0 atom stereocenters. The van der Waals surface area contributed by atoms with E-state index >= 15 is 0 Å². The number of likely N-dealkylation sites (tertiary alicyclic amines) is 1. The molecule has 4 rings (SSSR count). The van der Waals surface area contributed by atoms with Crippen LogP contribution in [0.3, 0.4) is 0 Å². The van der Waals surface area contributed by atoms with E-state index < -0.39 is 0 Å². The molecule has 0 saturated carbocycles. The van der Waals surface area contributed by atoms with Gasteiger partial charge < -0.3 is 9.72 Å². The number of imidazole rings is 1. The Labute approximate surface area is 164 Å². The smallest absolute Gasteiger partial charge is 0.166 e. The molecule has 27 heavy (non-hydrogen) atoms. The molecule has 6 heteroatoms. The maximum Gasteiger partial charge on any atom is 0.166 e. The van der Waals surface area contributed by atoms with Crippen LogP contribution in [0.1, 0.15) is 30.5 Å². The molecular weight excluding hydrogens is 356 g/mol. The molecule has 2 aromatic heterocycles. The highest BCUT2D eigenvalue weighted by Gasteiger charge is 2.12. The zero-order valence-corrected chi connectivity index (χ0v) is 16.6. The van der Waals surface area contributed by atoms with Gasteiger partial charge in [0.1, 0.15) is 12.4 Å². The first-order valence-electron chi connectivity index (χ1n) is 9.67. The Kier molecular flexibility index (Phi) is 5.94. The van der Waals surface area contributed by atoms with Crippen molar-refractivity contribution in [3.8, 4) is 5.75 Å². The number of nitrogens with zero attached hydrogens (tertiary/aromatic N) is 3. The van der Waals surface area contributed by atoms with E-state index in [1.165, 1.54) is 32.4 Å². The number of aromatic amines is 1. The largest absolute Gasteiger partial charge is 0.492 e. The highest BCUT2D eigenvalue weighted by molar-refractivity contribution is 7.98. The zero-order valence-electron chi connectivity index (χ0n) is 15.8. The molecule has 0 bridgehead atoms. The van der Waals surface area contributed by atoms with Gasteiger partial charge in [0.25, 0.3) is 0 Å². The van der Waals surface area contributed by atoms with Crippen LogP contribution in [0.25, 0.3) is 11.0 Å². The van der Waals surface area contributed by atoms with Gasteiger partial charge in [0.15, 0.2) is 5.16 Å². The Morgan fingerprint density at radius 1 is 1.15 bits per heavy atom. The van der Waals surface area contributed by atoms with E-state index in [-0.39, 0.29) is 0 Å². The second-order valence-corrected chi connectivity index (χ2v) is 7.94. The van der Waals surface area contributed by atoms with Gasteiger partial charge in [0, 0.05) is 24.1 Å². The molecule has 3 heterocycles. The number of benzene rings is 1. The van der Waals surface area contributed by atoms with Crippen molar-refractivity contribution in [3.63, 3.8) is 0 Å². The minimum absolute atomic E-state index is 0.737. The second kappa shape index (κ2) is 8.76. The van der Waals surface area contributed by atoms with Gasteiger partial charge in [0.2, 0.25) is 0 Å². The third kappa shape index (κ3) is 4.62. The highest BCUT2D eigenvalue weighted by atomic mass is 32.2. The van der Waals surface area contributed by atoms with Gasteiger partial charge in [-0.2, -0.15) is 0 Å². The summed E-state index contributed by atoms with van der Waals surface area (Å²) in [6.45, 7) is 6.25. The third-order valence-electron chi connectivity index (χ3n) is 5.09. The number of hydrogen-bond acceptors (Lipinski definition) is 5. The molecule has 0 unspecified atom stereocenters. The van der Waals surface area contributed by atoms with Gasteiger partial charge in [0.05, 0.1) is 16.7 Å². The summed E-state index contributed by atoms with van der Waals surface area (Å²) in [6, 6.07) is 10.1. The second-order valence-electron chi connectivity index (χ2n) is 6.98. The van der Waals surface area contributed by atoms with Gasteiger partial charge in [-0.3, -0.25) is 9.88 Å². The number of hydrogen-bond donors (Lipinski definition) is 1. The maximum atomic E-state index is 6.07. The van der Waals surface area contributed by atoms with E-state index in [1.807, 2.05) is 36.5 Å². The first-order chi connectivity index (χ1) is 13.3. The molecular formula is C21H26N4OS. The van der Waals surface area contributed by atoms with E-state index in [1.54, 1.807) is 11.8 Å². The summed E-state index contributed by atoms with van der Waals surface area (Å²) in [5, 5.41) is 0.925. The molecule has 142 valence electrons. The normalized spacial score (nSPS) is 15.3. The number of piperidine rings is 1. The lowest BCUT2D eigenvalue weighted by Gasteiger charge is -2.26. The summed E-state index contributed by atoms with van der Waals surface area (Å²) < 4.78 is 6.07. The van der Waals surface area contributed by atoms with Crippen molar-refractivity contribution in [1.29, 1.82) is 0 Å². The van der Waals surface area contributed by atoms with Crippen molar-refractivity contribution in [2.24, 2.45) is 0 Å². The van der Waals surface area contributed by atoms with Crippen molar-refractivity contribution in [2.45, 2.75) is 37.1 Å². The van der Waals surface area contributed by atoms with Gasteiger partial charge in [-0.1, -0.05) is 30.3 Å². The summed E-state index contributed by atoms with van der Waals surface area (Å²) in [5.41, 5.74) is 4.25. The minimum atomic E-state index is 0.737. The molecule has 1 aromatic carbocycles. The van der Waals surface area contributed by atoms with Gasteiger partial charge >= 0.3 is 0 Å². The van der Waals surface area contributed by atoms with Crippen LogP contribution < -0.4 is 4.74 Å². The lowest BCUT2D eigenvalue weighted by molar-refractivity contribution is 0.183. The average molecular weight is 383 g/mol. The van der Waals surface area contributed by atoms with Crippen LogP contribution in [0.4, 0.5) is 0 Å². The molecule has 1 aliphatic heterocycles. The van der Waals surface area contributed by atoms with Gasteiger partial charge in [-0.05, 0) is 51.1 Å². The van der Waals surface area contributed by atoms with Crippen molar-refractivity contribution in [3.05, 3.63) is 47.8 Å². The first-order valence-corrected chi connectivity index (χ1v) is 10.7. The van der Waals surface area contributed by atoms with E-state index in [0.29, 0.717) is 0 Å². The molecule has 0 spiro atoms. The monoisotopic (exact) mass is 382 g/mol. The van der Waals surface area contributed by atoms with Crippen LogP contribution >= 0.6 is 11.8 Å². The third-order valence-corrected chi connectivity index (χ3v) is 5.97. The lowest BCUT2D eigenvalue weighted by atomic mass is 10.1. The van der Waals surface area contributed by atoms with Crippen LogP contribution in [0, 0.1) is 6.92 Å². The molecule has 0 amide bonds. The number of ether oxygens (including phenoxy) is 1. The fourth-order valence-corrected chi connectivity index (χ4v) is 4.37. The summed E-state index contributed by atoms with van der Waals surface area (Å²) in [5.74, 6) is 1.72. The standard InChI is InChI=1S/C21H26N4OS/c1-16-19(15-27-21-23-17-7-3-4-8-18(17)24-21)22-10-9-20(16)26-14-13-25-11-5-2-6-12-25/h3-4,7-10H,2,5-6,11-15H2,1H3,(H,23,24). The molecule has 1 fully saturated rings. The van der Waals surface area contributed by atoms with Crippen LogP contribution in [0.5, 0.6) is 5.75 Å². The average Bonchev–Trinajstić information content (AvgIpc) is 3.12. The number of H-pyrrole nitrogens is 1. The molecule has 1 N–H and O–H groups in total. The predicted octanol–water partition coefficient (Wildman–Crippen LogP) is 4.42. The SMILES string of the molecule is Cc1c(OCCN2CCCCC2)ccnc1CSc1nc2ccccc2[nH]1. The van der Waals surface area contributed by atoms with Gasteiger partial charge in [-0.15, -0.1) is 0 Å². The number of fused-ring (bicyclic) bond motifs is 1.